The van der Waals surface area contributed by atoms with E-state index in [0.29, 0.717) is 37.5 Å². The molecule has 222 valence electrons. The third-order valence-electron chi connectivity index (χ3n) is 6.78. The Kier molecular flexibility index (Phi) is 11.0. The zero-order valence-electron chi connectivity index (χ0n) is 23.9. The predicted octanol–water partition coefficient (Wildman–Crippen LogP) is 6.00. The fourth-order valence-electron chi connectivity index (χ4n) is 4.77. The van der Waals surface area contributed by atoms with Gasteiger partial charge in [-0.2, -0.15) is 10.2 Å². The van der Waals surface area contributed by atoms with E-state index in [4.69, 9.17) is 19.0 Å². The number of aliphatic hydroxyl groups excluding tert-OH is 1. The molecular formula is C26H35FIN8O3PS. The predicted molar refractivity (Wildman–Crippen MR) is 172 cm³/mol. The largest absolute Gasteiger partial charge is 0.476 e. The summed E-state index contributed by atoms with van der Waals surface area (Å²) in [4.78, 5) is 6.96. The normalized spacial score (nSPS) is 15.5. The zero-order valence-corrected chi connectivity index (χ0v) is 27.9. The molecule has 41 heavy (non-hydrogen) atoms. The minimum absolute atomic E-state index is 0.126. The summed E-state index contributed by atoms with van der Waals surface area (Å²) in [6.45, 7) is 12.0. The van der Waals surface area contributed by atoms with Gasteiger partial charge >= 0.3 is 0 Å². The van der Waals surface area contributed by atoms with Crippen LogP contribution in [-0.4, -0.2) is 70.4 Å². The van der Waals surface area contributed by atoms with Crippen molar-refractivity contribution in [3.8, 4) is 23.0 Å². The number of hydrogen-bond acceptors (Lipinski definition) is 9. The van der Waals surface area contributed by atoms with E-state index >= 15 is 0 Å². The van der Waals surface area contributed by atoms with Crippen LogP contribution in [0.3, 0.4) is 0 Å². The molecule has 2 unspecified atom stereocenters. The van der Waals surface area contributed by atoms with E-state index in [-0.39, 0.29) is 31.0 Å². The van der Waals surface area contributed by atoms with Crippen molar-refractivity contribution in [3.05, 3.63) is 34.9 Å². The first-order valence-electron chi connectivity index (χ1n) is 13.4. The highest BCUT2D eigenvalue weighted by molar-refractivity contribution is 14.2. The van der Waals surface area contributed by atoms with E-state index in [9.17, 15) is 8.99 Å². The third kappa shape index (κ3) is 6.41. The smallest absolute Gasteiger partial charge is 0.273 e. The number of aliphatic hydroxyl groups is 1. The SMILES string of the molecule is CC.CCN1CCOc2c(c(C)nn2C)-c2cc3c(nn(PI)c3cn2)/C=C/c2c(OSF)nn(C(C)CO)c2C1. The Hall–Kier alpha value is -2.26. The number of rotatable bonds is 6. The van der Waals surface area contributed by atoms with Crippen LogP contribution in [0, 0.1) is 6.92 Å². The van der Waals surface area contributed by atoms with E-state index in [1.807, 2.05) is 63.6 Å². The molecule has 4 aromatic rings. The van der Waals surface area contributed by atoms with Gasteiger partial charge in [0.1, 0.15) is 6.61 Å². The molecule has 1 aliphatic heterocycles. The maximum absolute atomic E-state index is 13.3. The van der Waals surface area contributed by atoms with Gasteiger partial charge < -0.3 is 14.0 Å². The second-order valence-corrected chi connectivity index (χ2v) is 11.5. The summed E-state index contributed by atoms with van der Waals surface area (Å²) in [7, 11) is 1.87. The number of aryl methyl sites for hydroxylation is 2. The quantitative estimate of drug-likeness (QED) is 0.146. The lowest BCUT2D eigenvalue weighted by Gasteiger charge is -2.23. The fraction of sp³-hybridized carbons (Fsp3) is 0.462. The lowest BCUT2D eigenvalue weighted by atomic mass is 10.1. The Morgan fingerprint density at radius 1 is 1.27 bits per heavy atom. The van der Waals surface area contributed by atoms with Gasteiger partial charge in [0, 0.05) is 25.5 Å². The van der Waals surface area contributed by atoms with Gasteiger partial charge in [0.05, 0.1) is 64.6 Å². The Morgan fingerprint density at radius 3 is 2.73 bits per heavy atom. The van der Waals surface area contributed by atoms with Gasteiger partial charge in [-0.1, -0.05) is 20.8 Å². The highest BCUT2D eigenvalue weighted by atomic mass is 127. The Labute approximate surface area is 258 Å². The Balaban J connectivity index is 0.00000189. The van der Waals surface area contributed by atoms with Gasteiger partial charge in [0.2, 0.25) is 5.88 Å². The second kappa shape index (κ2) is 14.3. The number of likely N-dealkylation sites (N-methyl/N-ethyl adjacent to an activating group) is 1. The molecule has 0 saturated heterocycles. The van der Waals surface area contributed by atoms with Crippen LogP contribution in [0.15, 0.2) is 12.3 Å². The molecule has 0 amide bonds. The highest BCUT2D eigenvalue weighted by Crippen LogP contribution is 2.37. The molecule has 0 saturated carbocycles. The van der Waals surface area contributed by atoms with E-state index in [0.717, 1.165) is 45.8 Å². The molecule has 2 atom stereocenters. The van der Waals surface area contributed by atoms with Crippen molar-refractivity contribution in [1.29, 1.82) is 0 Å². The lowest BCUT2D eigenvalue weighted by Crippen LogP contribution is -2.30. The molecule has 1 aliphatic rings. The van der Waals surface area contributed by atoms with E-state index in [1.165, 1.54) is 0 Å². The van der Waals surface area contributed by atoms with Crippen LogP contribution in [0.4, 0.5) is 3.89 Å². The molecule has 0 aromatic carbocycles. The van der Waals surface area contributed by atoms with Gasteiger partial charge in [-0.3, -0.25) is 14.6 Å². The van der Waals surface area contributed by atoms with Crippen LogP contribution in [0.1, 0.15) is 56.4 Å². The first kappa shape index (κ1) is 31.7. The van der Waals surface area contributed by atoms with Gasteiger partial charge in [0.25, 0.3) is 18.3 Å². The van der Waals surface area contributed by atoms with Crippen molar-refractivity contribution in [1.82, 2.24) is 39.0 Å². The number of pyridine rings is 1. The van der Waals surface area contributed by atoms with Crippen LogP contribution >= 0.6 is 40.8 Å². The Bertz CT molecular complexity index is 1520. The topological polar surface area (TPSA) is 108 Å². The molecule has 15 heteroatoms. The Morgan fingerprint density at radius 2 is 2.05 bits per heavy atom. The molecule has 0 aliphatic carbocycles. The average molecular weight is 717 g/mol. The van der Waals surface area contributed by atoms with Gasteiger partial charge in [-0.05, 0) is 60.7 Å². The summed E-state index contributed by atoms with van der Waals surface area (Å²) in [6.07, 6.45) is 5.96. The summed E-state index contributed by atoms with van der Waals surface area (Å²) in [5.74, 6) is 0.794. The number of nitrogens with zero attached hydrogens (tertiary/aromatic N) is 8. The van der Waals surface area contributed by atoms with Gasteiger partial charge in [-0.25, -0.2) is 9.13 Å². The molecule has 11 nitrogen and oxygen atoms in total. The summed E-state index contributed by atoms with van der Waals surface area (Å²) in [6, 6.07) is 1.68. The van der Waals surface area contributed by atoms with Crippen molar-refractivity contribution in [3.63, 3.8) is 0 Å². The zero-order chi connectivity index (χ0) is 29.7. The monoisotopic (exact) mass is 716 g/mol. The van der Waals surface area contributed by atoms with Crippen molar-refractivity contribution in [2.24, 2.45) is 7.05 Å². The van der Waals surface area contributed by atoms with Crippen LogP contribution in [0.25, 0.3) is 34.3 Å². The maximum Gasteiger partial charge on any atom is 0.273 e. The van der Waals surface area contributed by atoms with Crippen molar-refractivity contribution >= 4 is 63.9 Å². The number of ether oxygens (including phenoxy) is 1. The number of hydrogen-bond donors (Lipinski definition) is 1. The molecular weight excluding hydrogens is 681 g/mol. The third-order valence-corrected chi connectivity index (χ3v) is 8.88. The molecule has 0 fully saturated rings. The van der Waals surface area contributed by atoms with Gasteiger partial charge in [0.15, 0.2) is 0 Å². The van der Waals surface area contributed by atoms with Crippen LogP contribution in [0.2, 0.25) is 0 Å². The standard InChI is InChI=1S/C24H29FIN8O3PS.C2H6/c1-5-32-8-9-36-24-22(15(3)28-31(24)4)19-10-17-18(29-34(38-26)20(17)11-27-19)7-6-16-21(12-32)33(14(2)13-35)30-23(16)37-39-25;1-2/h6-7,10-11,14,35,38H,5,8-9,12-13H2,1-4H3;1-2H3/b7-6+;. The number of fused-ring (bicyclic) bond motifs is 4. The van der Waals surface area contributed by atoms with Crippen LogP contribution in [0.5, 0.6) is 11.8 Å². The van der Waals surface area contributed by atoms with Gasteiger partial charge in [-0.15, -0.1) is 8.98 Å². The van der Waals surface area contributed by atoms with Crippen molar-refractivity contribution in [2.75, 3.05) is 26.3 Å². The minimum atomic E-state index is -0.333. The number of halogens is 2. The molecule has 5 heterocycles. The summed E-state index contributed by atoms with van der Waals surface area (Å²) in [5.41, 5.74) is 5.49. The highest BCUT2D eigenvalue weighted by Gasteiger charge is 2.25. The molecule has 2 bridgehead atoms. The minimum Gasteiger partial charge on any atom is -0.476 e. The first-order valence-corrected chi connectivity index (χ1v) is 18.1. The maximum atomic E-state index is 13.3. The summed E-state index contributed by atoms with van der Waals surface area (Å²) in [5, 5.41) is 24.8. The second-order valence-electron chi connectivity index (χ2n) is 9.20. The van der Waals surface area contributed by atoms with Crippen molar-refractivity contribution < 1.29 is 17.9 Å². The molecule has 4 aromatic heterocycles. The van der Waals surface area contributed by atoms with E-state index in [1.54, 1.807) is 9.36 Å². The van der Waals surface area contributed by atoms with Crippen LogP contribution < -0.4 is 8.92 Å². The molecule has 5 rings (SSSR count). The van der Waals surface area contributed by atoms with Crippen LogP contribution in [-0.2, 0) is 13.6 Å². The average Bonchev–Trinajstić information content (AvgIpc) is 3.61. The summed E-state index contributed by atoms with van der Waals surface area (Å²) >= 11 is 2.04. The van der Waals surface area contributed by atoms with E-state index < -0.39 is 0 Å². The molecule has 1 N–H and O–H groups in total. The molecule has 0 spiro atoms. The lowest BCUT2D eigenvalue weighted by molar-refractivity contribution is 0.189. The fourth-order valence-corrected chi connectivity index (χ4v) is 6.47. The number of aromatic nitrogens is 7. The molecule has 0 radical (unpaired) electrons. The summed E-state index contributed by atoms with van der Waals surface area (Å²) < 4.78 is 30.2. The van der Waals surface area contributed by atoms with Crippen molar-refractivity contribution in [2.45, 2.75) is 47.2 Å². The van der Waals surface area contributed by atoms with E-state index in [2.05, 4.69) is 44.1 Å². The first-order chi connectivity index (χ1) is 19.9.